The van der Waals surface area contributed by atoms with Crippen molar-refractivity contribution >= 4 is 35.6 Å². The molecule has 1 fully saturated rings. The number of benzene rings is 1. The van der Waals surface area contributed by atoms with Gasteiger partial charge in [-0.2, -0.15) is 0 Å². The monoisotopic (exact) mass is 353 g/mol. The van der Waals surface area contributed by atoms with Crippen molar-refractivity contribution in [3.63, 3.8) is 0 Å². The summed E-state index contributed by atoms with van der Waals surface area (Å²) in [5, 5.41) is 6.55. The molecule has 0 spiro atoms. The number of nitrogens with one attached hydrogen (secondary N) is 2. The van der Waals surface area contributed by atoms with Gasteiger partial charge in [-0.3, -0.25) is 9.78 Å². The minimum atomic E-state index is -0.238. The zero-order valence-electron chi connectivity index (χ0n) is 12.3. The van der Waals surface area contributed by atoms with Crippen LogP contribution in [0.25, 0.3) is 0 Å². The number of aromatic nitrogens is 1. The molecule has 5 nitrogen and oxygen atoms in total. The molecule has 7 heteroatoms. The Labute approximate surface area is 145 Å². The summed E-state index contributed by atoms with van der Waals surface area (Å²) in [6.07, 6.45) is 3.04. The van der Waals surface area contributed by atoms with Crippen LogP contribution in [-0.4, -0.2) is 30.6 Å². The number of hydrogen-bond acceptors (Lipinski definition) is 4. The summed E-state index contributed by atoms with van der Waals surface area (Å²) < 4.78 is 5.69. The Hall–Kier alpha value is -1.66. The molecule has 1 aliphatic heterocycles. The van der Waals surface area contributed by atoms with Crippen molar-refractivity contribution in [2.75, 3.05) is 25.0 Å². The van der Waals surface area contributed by atoms with Gasteiger partial charge in [-0.1, -0.05) is 23.7 Å². The number of rotatable bonds is 3. The normalized spacial score (nSPS) is 17.2. The number of nitrogens with zero attached hydrogens (tertiary/aromatic N) is 1. The summed E-state index contributed by atoms with van der Waals surface area (Å²) in [6, 6.07) is 9.24. The molecule has 122 valence electrons. The number of morpholine rings is 1. The molecule has 0 saturated carbocycles. The molecule has 0 bridgehead atoms. The lowest BCUT2D eigenvalue weighted by atomic mass is 10.1. The third kappa shape index (κ3) is 4.65. The Balaban J connectivity index is 0.00000192. The van der Waals surface area contributed by atoms with Gasteiger partial charge in [0, 0.05) is 31.2 Å². The molecule has 2 heterocycles. The van der Waals surface area contributed by atoms with Crippen molar-refractivity contribution in [1.29, 1.82) is 0 Å². The van der Waals surface area contributed by atoms with Crippen LogP contribution in [0.3, 0.4) is 0 Å². The molecule has 0 unspecified atom stereocenters. The van der Waals surface area contributed by atoms with Gasteiger partial charge in [0.2, 0.25) is 0 Å². The Bertz CT molecular complexity index is 659. The molecule has 1 aliphatic rings. The van der Waals surface area contributed by atoms with Gasteiger partial charge >= 0.3 is 0 Å². The van der Waals surface area contributed by atoms with E-state index < -0.39 is 0 Å². The van der Waals surface area contributed by atoms with E-state index in [0.29, 0.717) is 17.2 Å². The van der Waals surface area contributed by atoms with Crippen molar-refractivity contribution in [2.24, 2.45) is 0 Å². The highest BCUT2D eigenvalue weighted by molar-refractivity contribution is 6.30. The van der Waals surface area contributed by atoms with Crippen LogP contribution >= 0.6 is 24.0 Å². The second kappa shape index (κ2) is 8.26. The van der Waals surface area contributed by atoms with Crippen LogP contribution in [0, 0.1) is 0 Å². The van der Waals surface area contributed by atoms with Crippen molar-refractivity contribution in [1.82, 2.24) is 10.3 Å². The first-order valence-electron chi connectivity index (χ1n) is 7.06. The number of carbonyl (C=O) groups is 1. The topological polar surface area (TPSA) is 63.2 Å². The van der Waals surface area contributed by atoms with Gasteiger partial charge < -0.3 is 15.4 Å². The van der Waals surface area contributed by atoms with Gasteiger partial charge in [-0.05, 0) is 23.8 Å². The lowest BCUT2D eigenvalue weighted by Gasteiger charge is -2.24. The third-order valence-corrected chi connectivity index (χ3v) is 3.64. The summed E-state index contributed by atoms with van der Waals surface area (Å²) >= 11 is 5.84. The maximum absolute atomic E-state index is 12.1. The minimum Gasteiger partial charge on any atom is -0.371 e. The highest BCUT2D eigenvalue weighted by Crippen LogP contribution is 2.21. The number of halogens is 2. The molecule has 1 aromatic heterocycles. The Morgan fingerprint density at radius 3 is 2.74 bits per heavy atom. The number of pyridine rings is 1. The summed E-state index contributed by atoms with van der Waals surface area (Å²) in [5.41, 5.74) is 2.24. The Morgan fingerprint density at radius 2 is 2.09 bits per heavy atom. The second-order valence-corrected chi connectivity index (χ2v) is 5.47. The first-order valence-corrected chi connectivity index (χ1v) is 7.44. The zero-order valence-corrected chi connectivity index (χ0v) is 13.9. The average Bonchev–Trinajstić information content (AvgIpc) is 2.56. The third-order valence-electron chi connectivity index (χ3n) is 3.44. The summed E-state index contributed by atoms with van der Waals surface area (Å²) in [6.45, 7) is 2.41. The van der Waals surface area contributed by atoms with Crippen molar-refractivity contribution in [3.05, 3.63) is 58.9 Å². The molecular weight excluding hydrogens is 337 g/mol. The largest absolute Gasteiger partial charge is 0.371 e. The van der Waals surface area contributed by atoms with Crippen LogP contribution in [0.2, 0.25) is 5.02 Å². The second-order valence-electron chi connectivity index (χ2n) is 5.03. The summed E-state index contributed by atoms with van der Waals surface area (Å²) in [7, 11) is 0. The molecule has 1 saturated heterocycles. The fraction of sp³-hybridized carbons (Fsp3) is 0.250. The Morgan fingerprint density at radius 1 is 1.30 bits per heavy atom. The summed E-state index contributed by atoms with van der Waals surface area (Å²) in [4.78, 5) is 16.0. The van der Waals surface area contributed by atoms with Crippen molar-refractivity contribution in [2.45, 2.75) is 6.10 Å². The lowest BCUT2D eigenvalue weighted by Crippen LogP contribution is -2.33. The van der Waals surface area contributed by atoms with E-state index in [-0.39, 0.29) is 24.4 Å². The maximum atomic E-state index is 12.1. The molecule has 1 atom stereocenters. The smallest absolute Gasteiger partial charge is 0.257 e. The van der Waals surface area contributed by atoms with E-state index in [9.17, 15) is 4.79 Å². The van der Waals surface area contributed by atoms with E-state index in [0.717, 1.165) is 24.3 Å². The first-order chi connectivity index (χ1) is 10.7. The van der Waals surface area contributed by atoms with Crippen LogP contribution in [0.5, 0.6) is 0 Å². The first kappa shape index (κ1) is 17.7. The van der Waals surface area contributed by atoms with Crippen LogP contribution in [-0.2, 0) is 4.74 Å². The SMILES string of the molecule is Cl.O=C(Nc1ccc([C@@H]2CNCCO2)cc1)c1cncc(Cl)c1. The number of amides is 1. The van der Waals surface area contributed by atoms with E-state index in [2.05, 4.69) is 15.6 Å². The van der Waals surface area contributed by atoms with Gasteiger partial charge in [0.1, 0.15) is 0 Å². The molecule has 0 aliphatic carbocycles. The van der Waals surface area contributed by atoms with Crippen molar-refractivity contribution < 1.29 is 9.53 Å². The van der Waals surface area contributed by atoms with Crippen LogP contribution in [0.15, 0.2) is 42.7 Å². The maximum Gasteiger partial charge on any atom is 0.257 e. The van der Waals surface area contributed by atoms with E-state index in [1.807, 2.05) is 24.3 Å². The van der Waals surface area contributed by atoms with Gasteiger partial charge in [-0.25, -0.2) is 0 Å². The van der Waals surface area contributed by atoms with Crippen LogP contribution in [0.4, 0.5) is 5.69 Å². The molecular formula is C16H17Cl2N3O2. The van der Waals surface area contributed by atoms with E-state index in [4.69, 9.17) is 16.3 Å². The number of anilines is 1. The number of carbonyl (C=O) groups excluding carboxylic acids is 1. The lowest BCUT2D eigenvalue weighted by molar-refractivity contribution is 0.0277. The predicted molar refractivity (Wildman–Crippen MR) is 92.5 cm³/mol. The van der Waals surface area contributed by atoms with Crippen LogP contribution in [0.1, 0.15) is 22.0 Å². The molecule has 2 aromatic rings. The molecule has 2 N–H and O–H groups in total. The van der Waals surface area contributed by atoms with E-state index >= 15 is 0 Å². The average molecular weight is 354 g/mol. The van der Waals surface area contributed by atoms with E-state index in [1.165, 1.54) is 12.4 Å². The highest BCUT2D eigenvalue weighted by Gasteiger charge is 2.15. The summed E-state index contributed by atoms with van der Waals surface area (Å²) in [5.74, 6) is -0.238. The molecule has 3 rings (SSSR count). The van der Waals surface area contributed by atoms with Gasteiger partial charge in [0.05, 0.1) is 23.3 Å². The minimum absolute atomic E-state index is 0. The predicted octanol–water partition coefficient (Wildman–Crippen LogP) is 3.07. The number of ether oxygens (including phenoxy) is 1. The van der Waals surface area contributed by atoms with E-state index in [1.54, 1.807) is 6.07 Å². The standard InChI is InChI=1S/C16H16ClN3O2.ClH/c17-13-7-12(8-19-9-13)16(21)20-14-3-1-11(2-4-14)15-10-18-5-6-22-15;/h1-4,7-9,15,18H,5-6,10H2,(H,20,21);1H/t15-;/m0./s1. The number of hydrogen-bond donors (Lipinski definition) is 2. The molecule has 1 aromatic carbocycles. The van der Waals surface area contributed by atoms with Gasteiger partial charge in [0.25, 0.3) is 5.91 Å². The molecule has 23 heavy (non-hydrogen) atoms. The van der Waals surface area contributed by atoms with Gasteiger partial charge in [0.15, 0.2) is 0 Å². The fourth-order valence-corrected chi connectivity index (χ4v) is 2.47. The Kier molecular flexibility index (Phi) is 6.36. The highest BCUT2D eigenvalue weighted by atomic mass is 35.5. The van der Waals surface area contributed by atoms with Crippen molar-refractivity contribution in [3.8, 4) is 0 Å². The quantitative estimate of drug-likeness (QED) is 0.889. The molecule has 1 amide bonds. The van der Waals surface area contributed by atoms with Gasteiger partial charge in [-0.15, -0.1) is 12.4 Å². The zero-order chi connectivity index (χ0) is 15.4. The fourth-order valence-electron chi connectivity index (χ4n) is 2.30. The van der Waals surface area contributed by atoms with Crippen LogP contribution < -0.4 is 10.6 Å². The molecule has 0 radical (unpaired) electrons.